The van der Waals surface area contributed by atoms with E-state index in [1.807, 2.05) is 11.5 Å². The first-order chi connectivity index (χ1) is 9.67. The van der Waals surface area contributed by atoms with E-state index in [1.54, 1.807) is 6.92 Å². The molecule has 108 valence electrons. The topological polar surface area (TPSA) is 112 Å². The predicted octanol–water partition coefficient (Wildman–Crippen LogP) is 0.565. The van der Waals surface area contributed by atoms with Crippen LogP contribution in [0.4, 0.5) is 5.82 Å². The largest absolute Gasteiger partial charge is 0.461 e. The van der Waals surface area contributed by atoms with Crippen molar-refractivity contribution in [2.24, 2.45) is 0 Å². The highest BCUT2D eigenvalue weighted by molar-refractivity contribution is 5.92. The van der Waals surface area contributed by atoms with Gasteiger partial charge in [0.1, 0.15) is 23.8 Å². The highest BCUT2D eigenvalue weighted by Crippen LogP contribution is 2.17. The van der Waals surface area contributed by atoms with Gasteiger partial charge in [0, 0.05) is 19.4 Å². The molecule has 0 bridgehead atoms. The number of nitrogens with two attached hydrogens (primary N) is 1. The Kier molecular flexibility index (Phi) is 4.34. The highest BCUT2D eigenvalue weighted by atomic mass is 16.5. The van der Waals surface area contributed by atoms with Gasteiger partial charge in [0.2, 0.25) is 0 Å². The van der Waals surface area contributed by atoms with Crippen LogP contribution in [0.2, 0.25) is 0 Å². The van der Waals surface area contributed by atoms with E-state index in [4.69, 9.17) is 10.5 Å². The summed E-state index contributed by atoms with van der Waals surface area (Å²) in [5.74, 6) is 1.36. The van der Waals surface area contributed by atoms with E-state index in [0.29, 0.717) is 31.8 Å². The fourth-order valence-corrected chi connectivity index (χ4v) is 1.95. The summed E-state index contributed by atoms with van der Waals surface area (Å²) in [4.78, 5) is 20.1. The number of carbonyl (C=O) groups excluding carboxylic acids is 1. The van der Waals surface area contributed by atoms with Gasteiger partial charge in [-0.05, 0) is 6.92 Å². The average Bonchev–Trinajstić information content (AvgIpc) is 3.04. The Hall–Kier alpha value is -2.38. The van der Waals surface area contributed by atoms with Crippen molar-refractivity contribution in [1.29, 1.82) is 0 Å². The standard InChI is InChI=1S/C12H18N6O2/c1-3-9-16-10(12(19)20-4-2)11(13)18(9)6-5-8-14-7-15-17-8/h7H,3-6,13H2,1-2H3,(H,14,15,17). The summed E-state index contributed by atoms with van der Waals surface area (Å²) < 4.78 is 6.76. The summed E-state index contributed by atoms with van der Waals surface area (Å²) in [5.41, 5.74) is 6.19. The first kappa shape index (κ1) is 14.0. The van der Waals surface area contributed by atoms with Gasteiger partial charge >= 0.3 is 5.97 Å². The molecule has 0 amide bonds. The monoisotopic (exact) mass is 278 g/mol. The normalized spacial score (nSPS) is 10.7. The van der Waals surface area contributed by atoms with E-state index in [-0.39, 0.29) is 5.69 Å². The third-order valence-electron chi connectivity index (χ3n) is 2.91. The number of hydrogen-bond acceptors (Lipinski definition) is 6. The Morgan fingerprint density at radius 1 is 1.50 bits per heavy atom. The summed E-state index contributed by atoms with van der Waals surface area (Å²) in [5, 5.41) is 6.58. The Morgan fingerprint density at radius 2 is 2.30 bits per heavy atom. The Bertz CT molecular complexity index is 575. The Balaban J connectivity index is 2.20. The van der Waals surface area contributed by atoms with Crippen molar-refractivity contribution in [2.75, 3.05) is 12.3 Å². The minimum atomic E-state index is -0.488. The van der Waals surface area contributed by atoms with Crippen LogP contribution in [0.3, 0.4) is 0 Å². The number of aromatic nitrogens is 5. The zero-order valence-electron chi connectivity index (χ0n) is 11.6. The van der Waals surface area contributed by atoms with Gasteiger partial charge in [-0.25, -0.2) is 14.8 Å². The molecule has 0 aliphatic heterocycles. The fraction of sp³-hybridized carbons (Fsp3) is 0.500. The maximum absolute atomic E-state index is 11.8. The molecule has 2 heterocycles. The first-order valence-electron chi connectivity index (χ1n) is 6.53. The van der Waals surface area contributed by atoms with Crippen LogP contribution >= 0.6 is 0 Å². The van der Waals surface area contributed by atoms with Gasteiger partial charge in [0.05, 0.1) is 6.61 Å². The van der Waals surface area contributed by atoms with E-state index in [9.17, 15) is 4.79 Å². The number of aromatic amines is 1. The fourth-order valence-electron chi connectivity index (χ4n) is 1.95. The van der Waals surface area contributed by atoms with E-state index in [2.05, 4.69) is 20.2 Å². The maximum atomic E-state index is 11.8. The van der Waals surface area contributed by atoms with Crippen molar-refractivity contribution in [2.45, 2.75) is 33.2 Å². The summed E-state index contributed by atoms with van der Waals surface area (Å²) in [6.07, 6.45) is 2.77. The Morgan fingerprint density at radius 3 is 2.90 bits per heavy atom. The molecule has 8 heteroatoms. The van der Waals surface area contributed by atoms with Crippen LogP contribution < -0.4 is 5.73 Å². The van der Waals surface area contributed by atoms with Crippen molar-refractivity contribution in [3.05, 3.63) is 23.7 Å². The number of ether oxygens (including phenoxy) is 1. The molecule has 0 fully saturated rings. The second kappa shape index (κ2) is 6.18. The maximum Gasteiger partial charge on any atom is 0.360 e. The predicted molar refractivity (Wildman–Crippen MR) is 72.1 cm³/mol. The summed E-state index contributed by atoms with van der Waals surface area (Å²) >= 11 is 0. The number of anilines is 1. The average molecular weight is 278 g/mol. The highest BCUT2D eigenvalue weighted by Gasteiger charge is 2.20. The van der Waals surface area contributed by atoms with Crippen molar-refractivity contribution in [1.82, 2.24) is 24.7 Å². The third-order valence-corrected chi connectivity index (χ3v) is 2.91. The molecule has 0 atom stereocenters. The van der Waals surface area contributed by atoms with Crippen molar-refractivity contribution >= 4 is 11.8 Å². The van der Waals surface area contributed by atoms with E-state index in [0.717, 1.165) is 11.6 Å². The minimum Gasteiger partial charge on any atom is -0.461 e. The number of rotatable bonds is 6. The van der Waals surface area contributed by atoms with Crippen LogP contribution in [0.15, 0.2) is 6.33 Å². The molecule has 20 heavy (non-hydrogen) atoms. The summed E-state index contributed by atoms with van der Waals surface area (Å²) in [7, 11) is 0. The van der Waals surface area contributed by atoms with Gasteiger partial charge in [-0.3, -0.25) is 5.10 Å². The molecule has 2 rings (SSSR count). The van der Waals surface area contributed by atoms with Gasteiger partial charge in [0.25, 0.3) is 0 Å². The summed E-state index contributed by atoms with van der Waals surface area (Å²) in [6.45, 7) is 4.58. The van der Waals surface area contributed by atoms with E-state index < -0.39 is 5.97 Å². The lowest BCUT2D eigenvalue weighted by atomic mass is 10.3. The van der Waals surface area contributed by atoms with Crippen molar-refractivity contribution < 1.29 is 9.53 Å². The van der Waals surface area contributed by atoms with Gasteiger partial charge in [-0.1, -0.05) is 6.92 Å². The second-order valence-electron chi connectivity index (χ2n) is 4.17. The van der Waals surface area contributed by atoms with E-state index in [1.165, 1.54) is 6.33 Å². The van der Waals surface area contributed by atoms with Gasteiger partial charge in [-0.15, -0.1) is 0 Å². The van der Waals surface area contributed by atoms with E-state index >= 15 is 0 Å². The third kappa shape index (κ3) is 2.79. The molecule has 8 nitrogen and oxygen atoms in total. The van der Waals surface area contributed by atoms with Crippen LogP contribution in [0.25, 0.3) is 0 Å². The number of hydrogen-bond donors (Lipinski definition) is 2. The molecule has 0 aromatic carbocycles. The quantitative estimate of drug-likeness (QED) is 0.747. The zero-order chi connectivity index (χ0) is 14.5. The van der Waals surface area contributed by atoms with Crippen LogP contribution in [0.5, 0.6) is 0 Å². The van der Waals surface area contributed by atoms with Crippen LogP contribution in [-0.4, -0.2) is 37.3 Å². The first-order valence-corrected chi connectivity index (χ1v) is 6.53. The number of H-pyrrole nitrogens is 1. The van der Waals surface area contributed by atoms with Gasteiger partial charge < -0.3 is 15.0 Å². The second-order valence-corrected chi connectivity index (χ2v) is 4.17. The Labute approximate surface area is 116 Å². The molecule has 0 unspecified atom stereocenters. The molecular weight excluding hydrogens is 260 g/mol. The number of nitrogens with zero attached hydrogens (tertiary/aromatic N) is 4. The number of carbonyl (C=O) groups is 1. The molecule has 0 spiro atoms. The lowest BCUT2D eigenvalue weighted by Gasteiger charge is -2.07. The molecule has 0 saturated carbocycles. The SMILES string of the molecule is CCOC(=O)c1nc(CC)n(CCc2ncn[nH]2)c1N. The number of nitrogen functional groups attached to an aromatic ring is 1. The van der Waals surface area contributed by atoms with Crippen LogP contribution in [0, 0.1) is 0 Å². The summed E-state index contributed by atoms with van der Waals surface area (Å²) in [6, 6.07) is 0. The molecule has 2 aromatic heterocycles. The zero-order valence-corrected chi connectivity index (χ0v) is 11.6. The molecule has 0 aliphatic rings. The van der Waals surface area contributed by atoms with Gasteiger partial charge in [-0.2, -0.15) is 5.10 Å². The molecule has 3 N–H and O–H groups in total. The number of imidazole rings is 1. The minimum absolute atomic E-state index is 0.182. The van der Waals surface area contributed by atoms with Crippen molar-refractivity contribution in [3.8, 4) is 0 Å². The number of aryl methyl sites for hydroxylation is 2. The number of nitrogens with one attached hydrogen (secondary N) is 1. The number of esters is 1. The molecular formula is C12H18N6O2. The van der Waals surface area contributed by atoms with Crippen LogP contribution in [0.1, 0.15) is 36.0 Å². The lowest BCUT2D eigenvalue weighted by Crippen LogP contribution is -2.12. The van der Waals surface area contributed by atoms with Crippen molar-refractivity contribution in [3.63, 3.8) is 0 Å². The lowest BCUT2D eigenvalue weighted by molar-refractivity contribution is 0.0521. The molecule has 0 saturated heterocycles. The smallest absolute Gasteiger partial charge is 0.360 e. The van der Waals surface area contributed by atoms with Crippen LogP contribution in [-0.2, 0) is 24.1 Å². The molecule has 0 aliphatic carbocycles. The molecule has 0 radical (unpaired) electrons. The van der Waals surface area contributed by atoms with Gasteiger partial charge in [0.15, 0.2) is 5.69 Å². The molecule has 2 aromatic rings.